The predicted molar refractivity (Wildman–Crippen MR) is 110 cm³/mol. The monoisotopic (exact) mass is 484 g/mol. The van der Waals surface area contributed by atoms with Gasteiger partial charge in [0.05, 0.1) is 15.6 Å². The van der Waals surface area contributed by atoms with Crippen molar-refractivity contribution in [3.63, 3.8) is 0 Å². The summed E-state index contributed by atoms with van der Waals surface area (Å²) >= 11 is 6.79. The third-order valence-corrected chi connectivity index (χ3v) is 4.54. The summed E-state index contributed by atoms with van der Waals surface area (Å²) < 4.78 is 7.45. The van der Waals surface area contributed by atoms with Crippen LogP contribution in [0, 0.1) is 0 Å². The first-order valence-electron chi connectivity index (χ1n) is 8.21. The molecule has 6 nitrogen and oxygen atoms in total. The van der Waals surface area contributed by atoms with E-state index in [4.69, 9.17) is 4.74 Å². The fourth-order valence-corrected chi connectivity index (χ4v) is 2.76. The molecule has 1 aromatic carbocycles. The molecule has 140 valence electrons. The van der Waals surface area contributed by atoms with Gasteiger partial charge in [-0.2, -0.15) is 0 Å². The van der Waals surface area contributed by atoms with E-state index in [1.54, 1.807) is 12.4 Å². The number of ether oxygens (including phenoxy) is 1. The van der Waals surface area contributed by atoms with E-state index in [1.165, 1.54) is 5.56 Å². The van der Waals surface area contributed by atoms with E-state index in [0.717, 1.165) is 14.7 Å². The minimum Gasteiger partial charge on any atom is -0.492 e. The number of aromatic nitrogens is 2. The van der Waals surface area contributed by atoms with Gasteiger partial charge in [-0.05, 0) is 61.4 Å². The number of hydrogen-bond acceptors (Lipinski definition) is 4. The van der Waals surface area contributed by atoms with Crippen LogP contribution in [0.5, 0.6) is 5.75 Å². The Hall–Kier alpha value is -1.67. The van der Waals surface area contributed by atoms with E-state index >= 15 is 0 Å². The van der Waals surface area contributed by atoms with E-state index in [0.29, 0.717) is 19.6 Å². The summed E-state index contributed by atoms with van der Waals surface area (Å²) in [6, 6.07) is 5.78. The van der Waals surface area contributed by atoms with E-state index in [1.807, 2.05) is 6.07 Å². The zero-order valence-corrected chi connectivity index (χ0v) is 18.1. The van der Waals surface area contributed by atoms with Gasteiger partial charge in [0.25, 0.3) is 0 Å². The number of anilines is 1. The van der Waals surface area contributed by atoms with Gasteiger partial charge in [0.1, 0.15) is 5.75 Å². The second-order valence-electron chi connectivity index (χ2n) is 6.70. The number of hydrogen-bond donors (Lipinski definition) is 2. The van der Waals surface area contributed by atoms with Crippen LogP contribution in [0.2, 0.25) is 0 Å². The predicted octanol–water partition coefficient (Wildman–Crippen LogP) is 4.89. The fourth-order valence-electron chi connectivity index (χ4n) is 2.06. The van der Waals surface area contributed by atoms with E-state index < -0.39 is 0 Å². The Kier molecular flexibility index (Phi) is 7.40. The van der Waals surface area contributed by atoms with Crippen molar-refractivity contribution in [3.8, 4) is 5.75 Å². The van der Waals surface area contributed by atoms with E-state index in [2.05, 4.69) is 85.4 Å². The van der Waals surface area contributed by atoms with Gasteiger partial charge >= 0.3 is 6.03 Å². The van der Waals surface area contributed by atoms with Crippen LogP contribution in [0.1, 0.15) is 32.8 Å². The maximum atomic E-state index is 11.8. The molecular formula is C18H22Br2N4O2. The average Bonchev–Trinajstić information content (AvgIpc) is 2.57. The lowest BCUT2D eigenvalue weighted by molar-refractivity contribution is 0.250. The molecule has 1 aromatic heterocycles. The lowest BCUT2D eigenvalue weighted by atomic mass is 9.87. The summed E-state index contributed by atoms with van der Waals surface area (Å²) in [6.07, 6.45) is 3.82. The van der Waals surface area contributed by atoms with Gasteiger partial charge < -0.3 is 10.1 Å². The van der Waals surface area contributed by atoms with Crippen molar-refractivity contribution in [1.82, 2.24) is 15.3 Å². The Bertz CT molecular complexity index is 746. The molecule has 0 atom stereocenters. The average molecular weight is 486 g/mol. The zero-order chi connectivity index (χ0) is 19.2. The standard InChI is InChI=1S/C18H22Br2N4O2/c1-18(2,3)12-5-6-15(14(20)9-12)26-8-4-7-21-17(25)24-16-22-10-13(19)11-23-16/h5-6,9-11H,4,7-8H2,1-3H3,(H2,21,22,23,24,25). The Morgan fingerprint density at radius 2 is 1.88 bits per heavy atom. The van der Waals surface area contributed by atoms with Gasteiger partial charge in [-0.3, -0.25) is 5.32 Å². The summed E-state index contributed by atoms with van der Waals surface area (Å²) in [7, 11) is 0. The third-order valence-electron chi connectivity index (χ3n) is 3.51. The molecule has 2 amide bonds. The summed E-state index contributed by atoms with van der Waals surface area (Å²) in [5.74, 6) is 1.05. The Morgan fingerprint density at radius 3 is 2.50 bits per heavy atom. The van der Waals surface area contributed by atoms with Crippen LogP contribution in [0.25, 0.3) is 0 Å². The van der Waals surface area contributed by atoms with E-state index in [-0.39, 0.29) is 17.4 Å². The van der Waals surface area contributed by atoms with Crippen molar-refractivity contribution >= 4 is 43.8 Å². The molecule has 0 spiro atoms. The van der Waals surface area contributed by atoms with Crippen LogP contribution < -0.4 is 15.4 Å². The highest BCUT2D eigenvalue weighted by molar-refractivity contribution is 9.10. The molecule has 2 aromatic rings. The summed E-state index contributed by atoms with van der Waals surface area (Å²) in [5.41, 5.74) is 1.34. The van der Waals surface area contributed by atoms with Gasteiger partial charge in [0.15, 0.2) is 0 Å². The van der Waals surface area contributed by atoms with Crippen molar-refractivity contribution in [2.75, 3.05) is 18.5 Å². The van der Waals surface area contributed by atoms with E-state index in [9.17, 15) is 4.79 Å². The van der Waals surface area contributed by atoms with Gasteiger partial charge in [-0.15, -0.1) is 0 Å². The van der Waals surface area contributed by atoms with Gasteiger partial charge in [-0.25, -0.2) is 14.8 Å². The lowest BCUT2D eigenvalue weighted by Gasteiger charge is -2.20. The first-order valence-corrected chi connectivity index (χ1v) is 9.79. The SMILES string of the molecule is CC(C)(C)c1ccc(OCCCNC(=O)Nc2ncc(Br)cn2)c(Br)c1. The molecule has 0 fully saturated rings. The van der Waals surface area contributed by atoms with Crippen molar-refractivity contribution in [2.24, 2.45) is 0 Å². The number of amides is 2. The lowest BCUT2D eigenvalue weighted by Crippen LogP contribution is -2.30. The highest BCUT2D eigenvalue weighted by Crippen LogP contribution is 2.31. The molecule has 0 aliphatic rings. The zero-order valence-electron chi connectivity index (χ0n) is 15.0. The number of rotatable bonds is 6. The number of carbonyl (C=O) groups excluding carboxylic acids is 1. The molecule has 0 radical (unpaired) electrons. The molecule has 0 unspecified atom stereocenters. The second-order valence-corrected chi connectivity index (χ2v) is 8.47. The highest BCUT2D eigenvalue weighted by atomic mass is 79.9. The first-order chi connectivity index (χ1) is 12.3. The van der Waals surface area contributed by atoms with Crippen molar-refractivity contribution < 1.29 is 9.53 Å². The number of nitrogens with one attached hydrogen (secondary N) is 2. The smallest absolute Gasteiger partial charge is 0.321 e. The third kappa shape index (κ3) is 6.57. The molecule has 0 saturated carbocycles. The summed E-state index contributed by atoms with van der Waals surface area (Å²) in [6.45, 7) is 7.50. The van der Waals surface area contributed by atoms with Crippen molar-refractivity contribution in [2.45, 2.75) is 32.6 Å². The first kappa shape index (κ1) is 20.6. The molecule has 2 N–H and O–H groups in total. The summed E-state index contributed by atoms with van der Waals surface area (Å²) in [5, 5.41) is 5.31. The molecular weight excluding hydrogens is 464 g/mol. The Morgan fingerprint density at radius 1 is 1.19 bits per heavy atom. The molecule has 1 heterocycles. The number of carbonyl (C=O) groups is 1. The largest absolute Gasteiger partial charge is 0.492 e. The second kappa shape index (κ2) is 9.32. The van der Waals surface area contributed by atoms with Gasteiger partial charge in [-0.1, -0.05) is 26.8 Å². The Labute approximate surface area is 170 Å². The molecule has 0 aliphatic carbocycles. The Balaban J connectivity index is 1.70. The van der Waals surface area contributed by atoms with Crippen LogP contribution in [0.4, 0.5) is 10.7 Å². The van der Waals surface area contributed by atoms with Crippen LogP contribution in [-0.4, -0.2) is 29.2 Å². The van der Waals surface area contributed by atoms with Crippen LogP contribution in [0.15, 0.2) is 39.5 Å². The molecule has 0 saturated heterocycles. The van der Waals surface area contributed by atoms with Crippen molar-refractivity contribution in [3.05, 3.63) is 45.1 Å². The van der Waals surface area contributed by atoms with Crippen LogP contribution in [-0.2, 0) is 5.41 Å². The van der Waals surface area contributed by atoms with Gasteiger partial charge in [0, 0.05) is 18.9 Å². The molecule has 0 aliphatic heterocycles. The minimum atomic E-state index is -0.344. The number of halogens is 2. The number of urea groups is 1. The fraction of sp³-hybridized carbons (Fsp3) is 0.389. The highest BCUT2D eigenvalue weighted by Gasteiger charge is 2.15. The quantitative estimate of drug-likeness (QED) is 0.571. The van der Waals surface area contributed by atoms with Crippen LogP contribution in [0.3, 0.4) is 0 Å². The van der Waals surface area contributed by atoms with Gasteiger partial charge in [0.2, 0.25) is 5.95 Å². The maximum Gasteiger partial charge on any atom is 0.321 e. The minimum absolute atomic E-state index is 0.0941. The number of benzene rings is 1. The molecule has 2 rings (SSSR count). The summed E-state index contributed by atoms with van der Waals surface area (Å²) in [4.78, 5) is 19.7. The van der Waals surface area contributed by atoms with Crippen LogP contribution >= 0.6 is 31.9 Å². The normalized spacial score (nSPS) is 11.1. The van der Waals surface area contributed by atoms with Crippen molar-refractivity contribution in [1.29, 1.82) is 0 Å². The molecule has 8 heteroatoms. The topological polar surface area (TPSA) is 76.1 Å². The molecule has 0 bridgehead atoms. The maximum absolute atomic E-state index is 11.8. The number of nitrogens with zero attached hydrogens (tertiary/aromatic N) is 2. The molecule has 26 heavy (non-hydrogen) atoms.